The lowest BCUT2D eigenvalue weighted by atomic mass is 9.92. The van der Waals surface area contributed by atoms with Gasteiger partial charge in [-0.2, -0.15) is 4.98 Å². The van der Waals surface area contributed by atoms with E-state index in [1.54, 1.807) is 0 Å². The number of hydrogen-bond donors (Lipinski definition) is 0. The molecule has 1 aliphatic carbocycles. The smallest absolute Gasteiger partial charge is 0.257 e. The van der Waals surface area contributed by atoms with Crippen LogP contribution in [-0.2, 0) is 13.0 Å². The number of nitrogens with zero attached hydrogens (tertiary/aromatic N) is 5. The standard InChI is InChI=1S/C30H37FN5O/c31-26-9-11-28(12-10-26)36-19-17-34(18-20-36)22-24-5-7-25(8-6-24)30-32-29(33-37-30)21-23-13-15-35(16-14-23)27-3-1-2-4-27/h5-12,19,23,27H,1-4,13-18,20-22H2/q+1. The molecular weight excluding hydrogens is 465 g/mol. The molecule has 0 amide bonds. The van der Waals surface area contributed by atoms with Gasteiger partial charge >= 0.3 is 0 Å². The third-order valence-electron chi connectivity index (χ3n) is 8.41. The van der Waals surface area contributed by atoms with E-state index in [-0.39, 0.29) is 5.82 Å². The Labute approximate surface area is 218 Å². The summed E-state index contributed by atoms with van der Waals surface area (Å²) in [6.07, 6.45) is 11.2. The van der Waals surface area contributed by atoms with E-state index in [0.29, 0.717) is 11.8 Å². The van der Waals surface area contributed by atoms with Gasteiger partial charge in [0.05, 0.1) is 13.1 Å². The van der Waals surface area contributed by atoms with E-state index in [1.807, 2.05) is 12.1 Å². The minimum absolute atomic E-state index is 0.197. The van der Waals surface area contributed by atoms with Crippen LogP contribution in [0.1, 0.15) is 49.9 Å². The van der Waals surface area contributed by atoms with Gasteiger partial charge in [-0.15, -0.1) is 0 Å². The number of likely N-dealkylation sites (tertiary alicyclic amines) is 1. The first-order valence-corrected chi connectivity index (χ1v) is 13.9. The van der Waals surface area contributed by atoms with Crippen LogP contribution >= 0.6 is 0 Å². The molecule has 6 nitrogen and oxygen atoms in total. The molecule has 0 bridgehead atoms. The monoisotopic (exact) mass is 502 g/mol. The summed E-state index contributed by atoms with van der Waals surface area (Å²) >= 11 is 0. The van der Waals surface area contributed by atoms with Crippen molar-refractivity contribution in [1.82, 2.24) is 19.9 Å². The number of rotatable bonds is 7. The molecule has 0 N–H and O–H groups in total. The molecular formula is C30H37FN5O+. The highest BCUT2D eigenvalue weighted by atomic mass is 19.1. The number of aromatic nitrogens is 2. The Morgan fingerprint density at radius 1 is 0.919 bits per heavy atom. The summed E-state index contributed by atoms with van der Waals surface area (Å²) in [6, 6.07) is 16.0. The molecule has 1 aromatic heterocycles. The molecule has 0 atom stereocenters. The van der Waals surface area contributed by atoms with Crippen molar-refractivity contribution >= 4 is 11.9 Å². The Morgan fingerprint density at radius 3 is 2.38 bits per heavy atom. The highest BCUT2D eigenvalue weighted by Gasteiger charge is 2.28. The topological polar surface area (TPSA) is 48.4 Å². The van der Waals surface area contributed by atoms with Gasteiger partial charge in [-0.3, -0.25) is 4.90 Å². The Hall–Kier alpha value is -2.90. The molecule has 7 heteroatoms. The predicted molar refractivity (Wildman–Crippen MR) is 143 cm³/mol. The largest absolute Gasteiger partial charge is 0.334 e. The highest BCUT2D eigenvalue weighted by molar-refractivity contribution is 5.57. The van der Waals surface area contributed by atoms with Crippen LogP contribution in [0.15, 0.2) is 53.1 Å². The van der Waals surface area contributed by atoms with Gasteiger partial charge in [-0.25, -0.2) is 8.97 Å². The molecule has 37 heavy (non-hydrogen) atoms. The SMILES string of the molecule is Fc1ccc([N+]2=CCN(Cc3ccc(-c4nc(CC5CCN(C6CCCC6)CC5)no4)cc3)CC2)cc1. The summed E-state index contributed by atoms with van der Waals surface area (Å²) in [5, 5.41) is 4.30. The quantitative estimate of drug-likeness (QED) is 0.410. The average Bonchev–Trinajstić information content (AvgIpc) is 3.64. The zero-order chi connectivity index (χ0) is 25.0. The van der Waals surface area contributed by atoms with Crippen LogP contribution in [0, 0.1) is 11.7 Å². The fourth-order valence-electron chi connectivity index (χ4n) is 6.17. The molecule has 2 aromatic carbocycles. The van der Waals surface area contributed by atoms with Gasteiger partial charge < -0.3 is 9.42 Å². The van der Waals surface area contributed by atoms with Crippen molar-refractivity contribution in [3.05, 3.63) is 65.7 Å². The molecule has 194 valence electrons. The van der Waals surface area contributed by atoms with Crippen molar-refractivity contribution < 1.29 is 13.5 Å². The minimum atomic E-state index is -0.197. The fraction of sp³-hybridized carbons (Fsp3) is 0.500. The van der Waals surface area contributed by atoms with Crippen molar-refractivity contribution in [2.75, 3.05) is 32.7 Å². The summed E-state index contributed by atoms with van der Waals surface area (Å²) < 4.78 is 21.0. The van der Waals surface area contributed by atoms with Crippen LogP contribution < -0.4 is 0 Å². The van der Waals surface area contributed by atoms with Crippen LogP contribution in [0.25, 0.3) is 11.5 Å². The van der Waals surface area contributed by atoms with E-state index < -0.39 is 0 Å². The zero-order valence-electron chi connectivity index (χ0n) is 21.6. The molecule has 2 aliphatic heterocycles. The van der Waals surface area contributed by atoms with E-state index in [2.05, 4.69) is 50.0 Å². The summed E-state index contributed by atoms with van der Waals surface area (Å²) in [6.45, 7) is 6.06. The van der Waals surface area contributed by atoms with Gasteiger partial charge in [-0.05, 0) is 74.5 Å². The van der Waals surface area contributed by atoms with Crippen LogP contribution in [0.3, 0.4) is 0 Å². The second-order valence-corrected chi connectivity index (χ2v) is 10.9. The Balaban J connectivity index is 0.993. The number of benzene rings is 2. The van der Waals surface area contributed by atoms with Gasteiger partial charge in [0.1, 0.15) is 5.82 Å². The molecule has 0 radical (unpaired) electrons. The van der Waals surface area contributed by atoms with E-state index in [4.69, 9.17) is 9.51 Å². The van der Waals surface area contributed by atoms with Gasteiger partial charge in [0.15, 0.2) is 18.6 Å². The average molecular weight is 503 g/mol. The van der Waals surface area contributed by atoms with Crippen molar-refractivity contribution in [2.45, 2.75) is 57.5 Å². The molecule has 0 unspecified atom stereocenters. The van der Waals surface area contributed by atoms with Crippen molar-refractivity contribution in [3.8, 4) is 11.5 Å². The Kier molecular flexibility index (Phi) is 7.42. The van der Waals surface area contributed by atoms with Crippen LogP contribution in [0.2, 0.25) is 0 Å². The molecule has 6 rings (SSSR count). The number of piperidine rings is 1. The van der Waals surface area contributed by atoms with Crippen molar-refractivity contribution in [1.29, 1.82) is 0 Å². The molecule has 1 saturated heterocycles. The minimum Gasteiger partial charge on any atom is -0.334 e. The van der Waals surface area contributed by atoms with E-state index in [1.165, 1.54) is 69.3 Å². The molecule has 0 spiro atoms. The van der Waals surface area contributed by atoms with E-state index in [0.717, 1.165) is 55.7 Å². The lowest BCUT2D eigenvalue weighted by molar-refractivity contribution is -0.443. The molecule has 3 aliphatic rings. The van der Waals surface area contributed by atoms with Crippen molar-refractivity contribution in [2.24, 2.45) is 5.92 Å². The summed E-state index contributed by atoms with van der Waals surface area (Å²) in [4.78, 5) is 9.86. The van der Waals surface area contributed by atoms with Gasteiger partial charge in [0.2, 0.25) is 5.69 Å². The Morgan fingerprint density at radius 2 is 1.68 bits per heavy atom. The first-order chi connectivity index (χ1) is 18.2. The molecule has 3 aromatic rings. The van der Waals surface area contributed by atoms with E-state index in [9.17, 15) is 4.39 Å². The van der Waals surface area contributed by atoms with Crippen molar-refractivity contribution in [3.63, 3.8) is 0 Å². The second kappa shape index (κ2) is 11.2. The van der Waals surface area contributed by atoms with Gasteiger partial charge in [-0.1, -0.05) is 30.1 Å². The fourth-order valence-corrected chi connectivity index (χ4v) is 6.17. The molecule has 1 saturated carbocycles. The molecule has 2 fully saturated rings. The van der Waals surface area contributed by atoms with E-state index >= 15 is 0 Å². The highest BCUT2D eigenvalue weighted by Crippen LogP contribution is 2.29. The first-order valence-electron chi connectivity index (χ1n) is 13.9. The van der Waals surface area contributed by atoms with Crippen LogP contribution in [0.5, 0.6) is 0 Å². The normalized spacial score (nSPS) is 20.4. The first kappa shape index (κ1) is 24.4. The van der Waals surface area contributed by atoms with Gasteiger partial charge in [0.25, 0.3) is 5.89 Å². The van der Waals surface area contributed by atoms with Crippen LogP contribution in [0.4, 0.5) is 10.1 Å². The molecule has 3 heterocycles. The summed E-state index contributed by atoms with van der Waals surface area (Å²) in [5.74, 6) is 1.92. The predicted octanol–water partition coefficient (Wildman–Crippen LogP) is 5.30. The number of hydrogen-bond acceptors (Lipinski definition) is 5. The third kappa shape index (κ3) is 5.99. The maximum Gasteiger partial charge on any atom is 0.257 e. The summed E-state index contributed by atoms with van der Waals surface area (Å²) in [7, 11) is 0. The summed E-state index contributed by atoms with van der Waals surface area (Å²) in [5.41, 5.74) is 3.28. The lowest BCUT2D eigenvalue weighted by Crippen LogP contribution is -2.40. The Bertz CT molecular complexity index is 1190. The third-order valence-corrected chi connectivity index (χ3v) is 8.41. The lowest BCUT2D eigenvalue weighted by Gasteiger charge is -2.35. The second-order valence-electron chi connectivity index (χ2n) is 10.9. The maximum absolute atomic E-state index is 13.2. The number of halogens is 1. The van der Waals surface area contributed by atoms with Crippen LogP contribution in [-0.4, -0.2) is 69.5 Å². The maximum atomic E-state index is 13.2. The zero-order valence-corrected chi connectivity index (χ0v) is 21.6. The van der Waals surface area contributed by atoms with Gasteiger partial charge in [0, 0.05) is 36.7 Å².